The van der Waals surface area contributed by atoms with E-state index in [9.17, 15) is 9.18 Å². The zero-order valence-corrected chi connectivity index (χ0v) is 11.0. The standard InChI is InChI=1S/C14H13FN2OS/c15-9-5-4-6-10-11(9)12(16)13(19-10)14(18)17-7-2-1-3-8-17/h1-2,4-6H,3,7-8,16H2. The fourth-order valence-corrected chi connectivity index (χ4v) is 3.36. The molecule has 2 N–H and O–H groups in total. The van der Waals surface area contributed by atoms with Gasteiger partial charge in [-0.15, -0.1) is 11.3 Å². The maximum absolute atomic E-state index is 13.8. The minimum Gasteiger partial charge on any atom is -0.397 e. The molecule has 3 rings (SSSR count). The van der Waals surface area contributed by atoms with Crippen LogP contribution in [0.5, 0.6) is 0 Å². The van der Waals surface area contributed by atoms with Crippen molar-refractivity contribution in [2.24, 2.45) is 0 Å². The van der Waals surface area contributed by atoms with E-state index in [0.717, 1.165) is 6.42 Å². The van der Waals surface area contributed by atoms with Crippen molar-refractivity contribution >= 4 is 33.0 Å². The summed E-state index contributed by atoms with van der Waals surface area (Å²) in [6.45, 7) is 1.28. The minimum atomic E-state index is -0.371. The Morgan fingerprint density at radius 1 is 1.37 bits per heavy atom. The Kier molecular flexibility index (Phi) is 2.98. The van der Waals surface area contributed by atoms with E-state index in [4.69, 9.17) is 5.73 Å². The van der Waals surface area contributed by atoms with Crippen LogP contribution in [0.15, 0.2) is 30.4 Å². The van der Waals surface area contributed by atoms with E-state index in [0.29, 0.717) is 28.1 Å². The highest BCUT2D eigenvalue weighted by molar-refractivity contribution is 7.21. The third-order valence-electron chi connectivity index (χ3n) is 3.24. The average molecular weight is 276 g/mol. The molecule has 1 aliphatic rings. The van der Waals surface area contributed by atoms with E-state index in [1.165, 1.54) is 17.4 Å². The molecule has 0 atom stereocenters. The number of nitrogens with zero attached hydrogens (tertiary/aromatic N) is 1. The molecule has 3 nitrogen and oxygen atoms in total. The SMILES string of the molecule is Nc1c(C(=O)N2CC=CCC2)sc2cccc(F)c12. The molecule has 0 bridgehead atoms. The summed E-state index contributed by atoms with van der Waals surface area (Å²) in [5.74, 6) is -0.480. The van der Waals surface area contributed by atoms with Gasteiger partial charge >= 0.3 is 0 Å². The first-order valence-electron chi connectivity index (χ1n) is 6.09. The maximum atomic E-state index is 13.8. The molecule has 0 spiro atoms. The normalized spacial score (nSPS) is 15.1. The van der Waals surface area contributed by atoms with Crippen molar-refractivity contribution in [1.82, 2.24) is 4.90 Å². The number of carbonyl (C=O) groups is 1. The molecule has 0 radical (unpaired) electrons. The van der Waals surface area contributed by atoms with Gasteiger partial charge < -0.3 is 10.6 Å². The maximum Gasteiger partial charge on any atom is 0.266 e. The van der Waals surface area contributed by atoms with Crippen molar-refractivity contribution in [2.45, 2.75) is 6.42 Å². The van der Waals surface area contributed by atoms with Crippen LogP contribution in [0.1, 0.15) is 16.1 Å². The molecule has 0 saturated heterocycles. The topological polar surface area (TPSA) is 46.3 Å². The predicted molar refractivity (Wildman–Crippen MR) is 75.9 cm³/mol. The van der Waals surface area contributed by atoms with Crippen molar-refractivity contribution in [3.05, 3.63) is 41.0 Å². The number of amides is 1. The molecule has 5 heteroatoms. The fourth-order valence-electron chi connectivity index (χ4n) is 2.26. The molecule has 2 aromatic rings. The predicted octanol–water partition coefficient (Wildman–Crippen LogP) is 3.02. The quantitative estimate of drug-likeness (QED) is 0.814. The van der Waals surface area contributed by atoms with E-state index in [-0.39, 0.29) is 17.4 Å². The number of thiophene rings is 1. The van der Waals surface area contributed by atoms with Crippen LogP contribution in [0.4, 0.5) is 10.1 Å². The van der Waals surface area contributed by atoms with Crippen LogP contribution in [0.25, 0.3) is 10.1 Å². The summed E-state index contributed by atoms with van der Waals surface area (Å²) in [4.78, 5) is 14.6. The molecule has 1 aliphatic heterocycles. The number of hydrogen-bond acceptors (Lipinski definition) is 3. The highest BCUT2D eigenvalue weighted by atomic mass is 32.1. The number of anilines is 1. The first-order valence-corrected chi connectivity index (χ1v) is 6.91. The van der Waals surface area contributed by atoms with Gasteiger partial charge in [-0.25, -0.2) is 4.39 Å². The Morgan fingerprint density at radius 2 is 2.21 bits per heavy atom. The molecule has 19 heavy (non-hydrogen) atoms. The van der Waals surface area contributed by atoms with Crippen molar-refractivity contribution in [3.63, 3.8) is 0 Å². The fraction of sp³-hybridized carbons (Fsp3) is 0.214. The highest BCUT2D eigenvalue weighted by Gasteiger charge is 2.23. The summed E-state index contributed by atoms with van der Waals surface area (Å²) in [7, 11) is 0. The van der Waals surface area contributed by atoms with Gasteiger partial charge in [0.15, 0.2) is 0 Å². The number of nitrogens with two attached hydrogens (primary N) is 1. The van der Waals surface area contributed by atoms with Gasteiger partial charge in [0.1, 0.15) is 10.7 Å². The van der Waals surface area contributed by atoms with Crippen LogP contribution in [0.3, 0.4) is 0 Å². The third kappa shape index (κ3) is 2.00. The van der Waals surface area contributed by atoms with Crippen molar-refractivity contribution in [3.8, 4) is 0 Å². The summed E-state index contributed by atoms with van der Waals surface area (Å²) < 4.78 is 14.5. The summed E-state index contributed by atoms with van der Waals surface area (Å²) in [6, 6.07) is 4.78. The molecule has 2 heterocycles. The van der Waals surface area contributed by atoms with Crippen LogP contribution < -0.4 is 5.73 Å². The summed E-state index contributed by atoms with van der Waals surface area (Å²) >= 11 is 1.26. The second-order valence-electron chi connectivity index (χ2n) is 4.47. The number of carbonyl (C=O) groups excluding carboxylic acids is 1. The zero-order chi connectivity index (χ0) is 13.4. The smallest absolute Gasteiger partial charge is 0.266 e. The number of fused-ring (bicyclic) bond motifs is 1. The lowest BCUT2D eigenvalue weighted by Crippen LogP contribution is -2.33. The number of benzene rings is 1. The van der Waals surface area contributed by atoms with Crippen LogP contribution in [-0.2, 0) is 0 Å². The van der Waals surface area contributed by atoms with Gasteiger partial charge in [-0.1, -0.05) is 18.2 Å². The lowest BCUT2D eigenvalue weighted by Gasteiger charge is -2.22. The van der Waals surface area contributed by atoms with Gasteiger partial charge in [-0.2, -0.15) is 0 Å². The minimum absolute atomic E-state index is 0.109. The van der Waals surface area contributed by atoms with Gasteiger partial charge in [0.2, 0.25) is 0 Å². The van der Waals surface area contributed by atoms with Gasteiger partial charge in [0, 0.05) is 17.8 Å². The molecule has 0 saturated carbocycles. The lowest BCUT2D eigenvalue weighted by molar-refractivity contribution is 0.0777. The Balaban J connectivity index is 2.05. The Hall–Kier alpha value is -1.88. The van der Waals surface area contributed by atoms with Gasteiger partial charge in [0.25, 0.3) is 5.91 Å². The van der Waals surface area contributed by atoms with Crippen LogP contribution in [0.2, 0.25) is 0 Å². The monoisotopic (exact) mass is 276 g/mol. The molecule has 1 aromatic carbocycles. The van der Waals surface area contributed by atoms with Crippen LogP contribution in [0, 0.1) is 5.82 Å². The second-order valence-corrected chi connectivity index (χ2v) is 5.52. The van der Waals surface area contributed by atoms with E-state index >= 15 is 0 Å². The lowest BCUT2D eigenvalue weighted by atomic mass is 10.2. The Labute approximate surface area is 114 Å². The summed E-state index contributed by atoms with van der Waals surface area (Å²) in [6.07, 6.45) is 4.87. The van der Waals surface area contributed by atoms with Crippen molar-refractivity contribution in [1.29, 1.82) is 0 Å². The number of nitrogen functional groups attached to an aromatic ring is 1. The third-order valence-corrected chi connectivity index (χ3v) is 4.40. The first-order chi connectivity index (χ1) is 9.18. The van der Waals surface area contributed by atoms with Crippen LogP contribution >= 0.6 is 11.3 Å². The van der Waals surface area contributed by atoms with E-state index in [1.807, 2.05) is 6.08 Å². The number of halogens is 1. The largest absolute Gasteiger partial charge is 0.397 e. The Bertz CT molecular complexity index is 677. The zero-order valence-electron chi connectivity index (χ0n) is 10.2. The second kappa shape index (κ2) is 4.66. The summed E-state index contributed by atoms with van der Waals surface area (Å²) in [5.41, 5.74) is 6.21. The van der Waals surface area contributed by atoms with Gasteiger partial charge in [-0.3, -0.25) is 4.79 Å². The molecule has 0 fully saturated rings. The molecule has 1 amide bonds. The van der Waals surface area contributed by atoms with Crippen LogP contribution in [-0.4, -0.2) is 23.9 Å². The van der Waals surface area contributed by atoms with E-state index < -0.39 is 0 Å². The van der Waals surface area contributed by atoms with Gasteiger partial charge in [0.05, 0.1) is 11.1 Å². The average Bonchev–Trinajstić information content (AvgIpc) is 2.78. The molecular weight excluding hydrogens is 263 g/mol. The molecular formula is C14H13FN2OS. The van der Waals surface area contributed by atoms with Gasteiger partial charge in [-0.05, 0) is 18.6 Å². The van der Waals surface area contributed by atoms with E-state index in [1.54, 1.807) is 17.0 Å². The first kappa shape index (κ1) is 12.2. The molecule has 0 aliphatic carbocycles. The molecule has 1 aromatic heterocycles. The van der Waals surface area contributed by atoms with Crippen molar-refractivity contribution in [2.75, 3.05) is 18.8 Å². The van der Waals surface area contributed by atoms with Crippen molar-refractivity contribution < 1.29 is 9.18 Å². The molecule has 98 valence electrons. The highest BCUT2D eigenvalue weighted by Crippen LogP contribution is 2.36. The number of hydrogen-bond donors (Lipinski definition) is 1. The van der Waals surface area contributed by atoms with E-state index in [2.05, 4.69) is 6.08 Å². The molecule has 0 unspecified atom stereocenters. The number of rotatable bonds is 1. The Morgan fingerprint density at radius 3 is 2.89 bits per heavy atom. The summed E-state index contributed by atoms with van der Waals surface area (Å²) in [5, 5.41) is 0.364.